The van der Waals surface area contributed by atoms with Crippen molar-refractivity contribution < 1.29 is 13.2 Å². The van der Waals surface area contributed by atoms with Gasteiger partial charge in [-0.15, -0.1) is 0 Å². The lowest BCUT2D eigenvalue weighted by Crippen LogP contribution is -2.41. The summed E-state index contributed by atoms with van der Waals surface area (Å²) < 4.78 is 27.2. The number of carbonyl (C=O) groups excluding carboxylic acids is 1. The van der Waals surface area contributed by atoms with Gasteiger partial charge in [-0.1, -0.05) is 24.1 Å². The molecule has 1 aliphatic rings. The third-order valence-electron chi connectivity index (χ3n) is 4.77. The minimum absolute atomic E-state index is 0.0123. The van der Waals surface area contributed by atoms with Crippen molar-refractivity contribution >= 4 is 21.6 Å². The van der Waals surface area contributed by atoms with Gasteiger partial charge in [0.25, 0.3) is 5.91 Å². The highest BCUT2D eigenvalue weighted by molar-refractivity contribution is 7.89. The van der Waals surface area contributed by atoms with E-state index < -0.39 is 10.0 Å². The molecular weight excluding hydrogens is 348 g/mol. The second-order valence-corrected chi connectivity index (χ2v) is 8.70. The lowest BCUT2D eigenvalue weighted by atomic mass is 10.1. The van der Waals surface area contributed by atoms with Crippen LogP contribution in [0.3, 0.4) is 0 Å². The van der Waals surface area contributed by atoms with Crippen LogP contribution < -0.4 is 5.32 Å². The number of benzene rings is 2. The van der Waals surface area contributed by atoms with Crippen LogP contribution >= 0.6 is 0 Å². The molecule has 0 radical (unpaired) electrons. The second kappa shape index (κ2) is 7.60. The Kier molecular flexibility index (Phi) is 5.44. The zero-order chi connectivity index (χ0) is 18.7. The Balaban J connectivity index is 1.75. The van der Waals surface area contributed by atoms with Gasteiger partial charge >= 0.3 is 0 Å². The highest BCUT2D eigenvalue weighted by Gasteiger charge is 2.30. The summed E-state index contributed by atoms with van der Waals surface area (Å²) >= 11 is 0. The maximum Gasteiger partial charge on any atom is 0.255 e. The topological polar surface area (TPSA) is 66.5 Å². The first kappa shape index (κ1) is 18.6. The van der Waals surface area contributed by atoms with Crippen molar-refractivity contribution in [3.8, 4) is 0 Å². The van der Waals surface area contributed by atoms with Gasteiger partial charge in [0.1, 0.15) is 0 Å². The highest BCUT2D eigenvalue weighted by atomic mass is 32.2. The van der Waals surface area contributed by atoms with E-state index in [1.807, 2.05) is 38.1 Å². The molecule has 1 amide bonds. The van der Waals surface area contributed by atoms with Gasteiger partial charge in [0.05, 0.1) is 4.90 Å². The number of rotatable bonds is 4. The molecule has 0 spiro atoms. The Morgan fingerprint density at radius 2 is 1.69 bits per heavy atom. The summed E-state index contributed by atoms with van der Waals surface area (Å²) in [5, 5.41) is 2.82. The number of hydrogen-bond acceptors (Lipinski definition) is 3. The molecule has 1 unspecified atom stereocenters. The molecule has 0 bridgehead atoms. The molecule has 1 N–H and O–H groups in total. The van der Waals surface area contributed by atoms with Crippen LogP contribution in [0.25, 0.3) is 0 Å². The van der Waals surface area contributed by atoms with E-state index in [9.17, 15) is 13.2 Å². The summed E-state index contributed by atoms with van der Waals surface area (Å²) in [7, 11) is -3.52. The number of nitrogens with zero attached hydrogens (tertiary/aromatic N) is 1. The van der Waals surface area contributed by atoms with Crippen molar-refractivity contribution in [1.82, 2.24) is 4.31 Å². The van der Waals surface area contributed by atoms with E-state index in [1.54, 1.807) is 16.4 Å². The Morgan fingerprint density at radius 3 is 2.31 bits per heavy atom. The van der Waals surface area contributed by atoms with Crippen molar-refractivity contribution in [1.29, 1.82) is 0 Å². The van der Waals surface area contributed by atoms with Crippen LogP contribution in [0, 0.1) is 6.92 Å². The van der Waals surface area contributed by atoms with Crippen LogP contribution in [0.2, 0.25) is 0 Å². The number of carbonyl (C=O) groups is 1. The van der Waals surface area contributed by atoms with Crippen LogP contribution in [0.5, 0.6) is 0 Å². The van der Waals surface area contributed by atoms with E-state index in [0.29, 0.717) is 17.8 Å². The van der Waals surface area contributed by atoms with Gasteiger partial charge in [-0.2, -0.15) is 4.31 Å². The van der Waals surface area contributed by atoms with Crippen LogP contribution in [-0.4, -0.2) is 31.2 Å². The van der Waals surface area contributed by atoms with Gasteiger partial charge in [-0.25, -0.2) is 8.42 Å². The van der Waals surface area contributed by atoms with Gasteiger partial charge in [0, 0.05) is 23.8 Å². The van der Waals surface area contributed by atoms with Gasteiger partial charge < -0.3 is 5.32 Å². The third-order valence-corrected chi connectivity index (χ3v) is 6.80. The van der Waals surface area contributed by atoms with E-state index in [4.69, 9.17) is 0 Å². The molecule has 2 aromatic rings. The van der Waals surface area contributed by atoms with Crippen molar-refractivity contribution in [3.05, 3.63) is 59.7 Å². The van der Waals surface area contributed by atoms with E-state index >= 15 is 0 Å². The first-order valence-corrected chi connectivity index (χ1v) is 10.3. The average Bonchev–Trinajstić information content (AvgIpc) is 2.64. The molecule has 26 heavy (non-hydrogen) atoms. The zero-order valence-electron chi connectivity index (χ0n) is 15.1. The van der Waals surface area contributed by atoms with Gasteiger partial charge in [-0.3, -0.25) is 4.79 Å². The summed E-state index contributed by atoms with van der Waals surface area (Å²) in [6.07, 6.45) is 2.84. The van der Waals surface area contributed by atoms with Crippen LogP contribution in [0.4, 0.5) is 5.69 Å². The Hall–Kier alpha value is -2.18. The molecule has 138 valence electrons. The van der Waals surface area contributed by atoms with E-state index in [1.165, 1.54) is 12.1 Å². The number of anilines is 1. The van der Waals surface area contributed by atoms with Crippen LogP contribution in [0.1, 0.15) is 42.1 Å². The number of aryl methyl sites for hydroxylation is 1. The maximum absolute atomic E-state index is 12.8. The van der Waals surface area contributed by atoms with E-state index in [2.05, 4.69) is 5.32 Å². The Labute approximate surface area is 155 Å². The summed E-state index contributed by atoms with van der Waals surface area (Å²) in [6, 6.07) is 13.7. The molecule has 1 fully saturated rings. The lowest BCUT2D eigenvalue weighted by molar-refractivity contribution is 0.102. The zero-order valence-corrected chi connectivity index (χ0v) is 15.9. The van der Waals surface area contributed by atoms with Gasteiger partial charge in [0.2, 0.25) is 10.0 Å². The van der Waals surface area contributed by atoms with Crippen molar-refractivity contribution in [3.63, 3.8) is 0 Å². The smallest absolute Gasteiger partial charge is 0.255 e. The lowest BCUT2D eigenvalue weighted by Gasteiger charge is -2.32. The number of hydrogen-bond donors (Lipinski definition) is 1. The van der Waals surface area contributed by atoms with Gasteiger partial charge in [-0.05, 0) is 63.1 Å². The van der Waals surface area contributed by atoms with Crippen LogP contribution in [-0.2, 0) is 10.0 Å². The molecule has 6 heteroatoms. The Morgan fingerprint density at radius 1 is 1.04 bits per heavy atom. The van der Waals surface area contributed by atoms with Crippen LogP contribution in [0.15, 0.2) is 53.4 Å². The normalized spacial score (nSPS) is 18.5. The minimum Gasteiger partial charge on any atom is -0.322 e. The minimum atomic E-state index is -3.52. The van der Waals surface area contributed by atoms with E-state index in [-0.39, 0.29) is 16.8 Å². The molecular formula is C20H24N2O3S. The summed E-state index contributed by atoms with van der Waals surface area (Å²) in [4.78, 5) is 12.6. The quantitative estimate of drug-likeness (QED) is 0.887. The van der Waals surface area contributed by atoms with Gasteiger partial charge in [0.15, 0.2) is 0 Å². The SMILES string of the molecule is Cc1ccc(NC(=O)c2ccc(S(=O)(=O)N3CCCCC3C)cc2)cc1. The summed E-state index contributed by atoms with van der Waals surface area (Å²) in [5.41, 5.74) is 2.25. The molecule has 1 aliphatic heterocycles. The fraction of sp³-hybridized carbons (Fsp3) is 0.350. The highest BCUT2D eigenvalue weighted by Crippen LogP contribution is 2.25. The molecule has 0 aliphatic carbocycles. The first-order chi connectivity index (χ1) is 12.4. The number of piperidine rings is 1. The molecule has 0 saturated carbocycles. The number of sulfonamides is 1. The average molecular weight is 372 g/mol. The molecule has 0 aromatic heterocycles. The molecule has 2 aromatic carbocycles. The fourth-order valence-electron chi connectivity index (χ4n) is 3.18. The first-order valence-electron chi connectivity index (χ1n) is 8.88. The largest absolute Gasteiger partial charge is 0.322 e. The molecule has 1 heterocycles. The molecule has 1 saturated heterocycles. The third kappa shape index (κ3) is 3.97. The van der Waals surface area contributed by atoms with Crippen molar-refractivity contribution in [2.24, 2.45) is 0 Å². The summed E-state index contributed by atoms with van der Waals surface area (Å²) in [5.74, 6) is -0.260. The summed E-state index contributed by atoms with van der Waals surface area (Å²) in [6.45, 7) is 4.48. The van der Waals surface area contributed by atoms with E-state index in [0.717, 1.165) is 24.8 Å². The monoisotopic (exact) mass is 372 g/mol. The Bertz CT molecular complexity index is 874. The number of nitrogens with one attached hydrogen (secondary N) is 1. The second-order valence-electron chi connectivity index (χ2n) is 6.81. The maximum atomic E-state index is 12.8. The van der Waals surface area contributed by atoms with Crippen molar-refractivity contribution in [2.45, 2.75) is 44.0 Å². The predicted octanol–water partition coefficient (Wildman–Crippen LogP) is 3.81. The number of amides is 1. The predicted molar refractivity (Wildman–Crippen MR) is 103 cm³/mol. The fourth-order valence-corrected chi connectivity index (χ4v) is 4.88. The molecule has 3 rings (SSSR count). The molecule has 1 atom stereocenters. The molecule has 5 nitrogen and oxygen atoms in total. The van der Waals surface area contributed by atoms with Crippen molar-refractivity contribution in [2.75, 3.05) is 11.9 Å². The standard InChI is InChI=1S/C20H24N2O3S/c1-15-6-10-18(11-7-15)21-20(23)17-8-12-19(13-9-17)26(24,25)22-14-4-3-5-16(22)2/h6-13,16H,3-5,14H2,1-2H3,(H,21,23).